The van der Waals surface area contributed by atoms with Crippen molar-refractivity contribution >= 4 is 24.2 Å². The number of carbonyl (C=O) groups is 2. The third-order valence-corrected chi connectivity index (χ3v) is 3.32. The molecule has 2 amide bonds. The Hall–Kier alpha value is -1.59. The first-order valence-corrected chi connectivity index (χ1v) is 6.90. The lowest BCUT2D eigenvalue weighted by molar-refractivity contribution is -0.135. The summed E-state index contributed by atoms with van der Waals surface area (Å²) in [4.78, 5) is 25.1. The van der Waals surface area contributed by atoms with E-state index < -0.39 is 6.04 Å². The third-order valence-electron chi connectivity index (χ3n) is 3.32. The molecule has 3 N–H and O–H groups in total. The Balaban J connectivity index is 0.00000220. The third kappa shape index (κ3) is 5.73. The summed E-state index contributed by atoms with van der Waals surface area (Å²) in [5.74, 6) is -0.324. The van der Waals surface area contributed by atoms with Crippen molar-refractivity contribution in [3.05, 3.63) is 35.9 Å². The van der Waals surface area contributed by atoms with Gasteiger partial charge in [0.2, 0.25) is 11.8 Å². The highest BCUT2D eigenvalue weighted by Crippen LogP contribution is 2.18. The molecule has 1 aromatic carbocycles. The van der Waals surface area contributed by atoms with Crippen LogP contribution < -0.4 is 11.1 Å². The van der Waals surface area contributed by atoms with Gasteiger partial charge >= 0.3 is 0 Å². The van der Waals surface area contributed by atoms with E-state index in [2.05, 4.69) is 5.32 Å². The van der Waals surface area contributed by atoms with Crippen molar-refractivity contribution < 1.29 is 9.59 Å². The van der Waals surface area contributed by atoms with E-state index in [1.807, 2.05) is 30.3 Å². The monoisotopic (exact) mass is 311 g/mol. The first-order chi connectivity index (χ1) is 9.56. The lowest BCUT2D eigenvalue weighted by Crippen LogP contribution is -2.47. The topological polar surface area (TPSA) is 75.4 Å². The molecule has 1 unspecified atom stereocenters. The number of likely N-dealkylation sites (N-methyl/N-ethyl adjacent to an activating group) is 1. The molecule has 0 aromatic heterocycles. The van der Waals surface area contributed by atoms with E-state index in [1.165, 1.54) is 4.90 Å². The van der Waals surface area contributed by atoms with E-state index in [9.17, 15) is 9.59 Å². The fourth-order valence-corrected chi connectivity index (χ4v) is 2.03. The Morgan fingerprint density at radius 2 is 1.95 bits per heavy atom. The minimum atomic E-state index is -0.615. The Kier molecular flexibility index (Phi) is 6.65. The second-order valence-corrected chi connectivity index (χ2v) is 5.33. The van der Waals surface area contributed by atoms with Gasteiger partial charge in [0.15, 0.2) is 0 Å². The molecule has 1 aliphatic rings. The Morgan fingerprint density at radius 3 is 2.52 bits per heavy atom. The van der Waals surface area contributed by atoms with Gasteiger partial charge in [0.1, 0.15) is 0 Å². The van der Waals surface area contributed by atoms with Gasteiger partial charge in [-0.3, -0.25) is 9.59 Å². The van der Waals surface area contributed by atoms with Gasteiger partial charge in [0.05, 0.1) is 12.6 Å². The predicted octanol–water partition coefficient (Wildman–Crippen LogP) is 0.715. The molecule has 21 heavy (non-hydrogen) atoms. The molecule has 5 nitrogen and oxygen atoms in total. The second kappa shape index (κ2) is 8.00. The lowest BCUT2D eigenvalue weighted by atomic mass is 10.1. The van der Waals surface area contributed by atoms with Crippen LogP contribution in [0.15, 0.2) is 30.3 Å². The van der Waals surface area contributed by atoms with Crippen LogP contribution in [0.4, 0.5) is 0 Å². The number of halogens is 1. The van der Waals surface area contributed by atoms with Crippen molar-refractivity contribution in [1.29, 1.82) is 0 Å². The molecule has 1 aliphatic carbocycles. The van der Waals surface area contributed by atoms with E-state index in [-0.39, 0.29) is 30.8 Å². The molecular formula is C15H22ClN3O2. The molecule has 0 spiro atoms. The molecule has 0 radical (unpaired) electrons. The number of rotatable bonds is 6. The van der Waals surface area contributed by atoms with Gasteiger partial charge in [0.25, 0.3) is 0 Å². The van der Waals surface area contributed by atoms with E-state index in [1.54, 1.807) is 7.05 Å². The van der Waals surface area contributed by atoms with Gasteiger partial charge in [-0.2, -0.15) is 0 Å². The summed E-state index contributed by atoms with van der Waals surface area (Å²) in [5.41, 5.74) is 6.93. The number of nitrogens with one attached hydrogen (secondary N) is 1. The molecule has 1 saturated carbocycles. The van der Waals surface area contributed by atoms with E-state index >= 15 is 0 Å². The van der Waals surface area contributed by atoms with Crippen LogP contribution in [0.2, 0.25) is 0 Å². The first kappa shape index (κ1) is 17.5. The molecule has 6 heteroatoms. The highest BCUT2D eigenvalue weighted by molar-refractivity contribution is 5.87. The number of nitrogens with zero attached hydrogens (tertiary/aromatic N) is 1. The van der Waals surface area contributed by atoms with Gasteiger partial charge in [-0.05, 0) is 24.8 Å². The zero-order valence-electron chi connectivity index (χ0n) is 12.1. The highest BCUT2D eigenvalue weighted by Gasteiger charge is 2.25. The van der Waals surface area contributed by atoms with Crippen LogP contribution in [-0.2, 0) is 16.0 Å². The smallest absolute Gasteiger partial charge is 0.240 e. The highest BCUT2D eigenvalue weighted by atomic mass is 35.5. The molecule has 0 saturated heterocycles. The van der Waals surface area contributed by atoms with Gasteiger partial charge < -0.3 is 16.0 Å². The number of hydrogen-bond donors (Lipinski definition) is 2. The first-order valence-electron chi connectivity index (χ1n) is 6.90. The molecule has 0 heterocycles. The number of nitrogens with two attached hydrogens (primary N) is 1. The van der Waals surface area contributed by atoms with Gasteiger partial charge in [0, 0.05) is 13.1 Å². The van der Waals surface area contributed by atoms with Crippen molar-refractivity contribution in [3.63, 3.8) is 0 Å². The quantitative estimate of drug-likeness (QED) is 0.812. The van der Waals surface area contributed by atoms with E-state index in [0.29, 0.717) is 12.5 Å². The number of hydrogen-bond acceptors (Lipinski definition) is 3. The summed E-state index contributed by atoms with van der Waals surface area (Å²) < 4.78 is 0. The van der Waals surface area contributed by atoms with Crippen molar-refractivity contribution in [2.75, 3.05) is 13.6 Å². The normalized spacial score (nSPS) is 14.8. The second-order valence-electron chi connectivity index (χ2n) is 5.33. The van der Waals surface area contributed by atoms with Gasteiger partial charge in [-0.25, -0.2) is 0 Å². The van der Waals surface area contributed by atoms with Crippen LogP contribution in [0.5, 0.6) is 0 Å². The summed E-state index contributed by atoms with van der Waals surface area (Å²) in [5, 5.41) is 2.85. The SMILES string of the molecule is CN(CC(=O)NC1CC1)C(=O)C(N)Cc1ccccc1.Cl. The summed E-state index contributed by atoms with van der Waals surface area (Å²) in [6.45, 7) is 0.0673. The average Bonchev–Trinajstić information content (AvgIpc) is 3.22. The maximum absolute atomic E-state index is 12.1. The summed E-state index contributed by atoms with van der Waals surface area (Å²) in [7, 11) is 1.61. The molecular weight excluding hydrogens is 290 g/mol. The summed E-state index contributed by atoms with van der Waals surface area (Å²) in [6, 6.07) is 9.32. The van der Waals surface area contributed by atoms with Gasteiger partial charge in [-0.15, -0.1) is 12.4 Å². The van der Waals surface area contributed by atoms with Crippen LogP contribution in [0.3, 0.4) is 0 Å². The lowest BCUT2D eigenvalue weighted by Gasteiger charge is -2.21. The molecule has 1 aromatic rings. The predicted molar refractivity (Wildman–Crippen MR) is 84.2 cm³/mol. The fourth-order valence-electron chi connectivity index (χ4n) is 2.03. The number of benzene rings is 1. The van der Waals surface area contributed by atoms with Crippen LogP contribution in [-0.4, -0.2) is 42.4 Å². The minimum absolute atomic E-state index is 0. The minimum Gasteiger partial charge on any atom is -0.352 e. The van der Waals surface area contributed by atoms with Crippen molar-refractivity contribution in [2.24, 2.45) is 5.73 Å². The number of carbonyl (C=O) groups excluding carboxylic acids is 2. The average molecular weight is 312 g/mol. The van der Waals surface area contributed by atoms with Crippen LogP contribution in [0.25, 0.3) is 0 Å². The standard InChI is InChI=1S/C15H21N3O2.ClH/c1-18(10-14(19)17-12-7-8-12)15(20)13(16)9-11-5-3-2-4-6-11;/h2-6,12-13H,7-10,16H2,1H3,(H,17,19);1H. The van der Waals surface area contributed by atoms with Crippen LogP contribution in [0, 0.1) is 0 Å². The Labute approximate surface area is 131 Å². The van der Waals surface area contributed by atoms with Crippen LogP contribution >= 0.6 is 12.4 Å². The maximum Gasteiger partial charge on any atom is 0.240 e. The van der Waals surface area contributed by atoms with Gasteiger partial charge in [-0.1, -0.05) is 30.3 Å². The van der Waals surface area contributed by atoms with Crippen molar-refractivity contribution in [3.8, 4) is 0 Å². The Morgan fingerprint density at radius 1 is 1.33 bits per heavy atom. The zero-order chi connectivity index (χ0) is 14.5. The molecule has 2 rings (SSSR count). The molecule has 0 bridgehead atoms. The van der Waals surface area contributed by atoms with E-state index in [4.69, 9.17) is 5.73 Å². The molecule has 0 aliphatic heterocycles. The zero-order valence-corrected chi connectivity index (χ0v) is 12.9. The molecule has 1 atom stereocenters. The summed E-state index contributed by atoms with van der Waals surface area (Å²) >= 11 is 0. The summed E-state index contributed by atoms with van der Waals surface area (Å²) in [6.07, 6.45) is 2.56. The number of amides is 2. The van der Waals surface area contributed by atoms with Crippen LogP contribution in [0.1, 0.15) is 18.4 Å². The fraction of sp³-hybridized carbons (Fsp3) is 0.467. The Bertz CT molecular complexity index is 477. The van der Waals surface area contributed by atoms with Crippen molar-refractivity contribution in [2.45, 2.75) is 31.3 Å². The molecule has 1 fully saturated rings. The molecule has 116 valence electrons. The largest absolute Gasteiger partial charge is 0.352 e. The maximum atomic E-state index is 12.1. The van der Waals surface area contributed by atoms with E-state index in [0.717, 1.165) is 18.4 Å². The van der Waals surface area contributed by atoms with Crippen molar-refractivity contribution in [1.82, 2.24) is 10.2 Å².